The highest BCUT2D eigenvalue weighted by Gasteiger charge is 2.13. The van der Waals surface area contributed by atoms with Crippen LogP contribution in [0.3, 0.4) is 0 Å². The Hall–Kier alpha value is -1.95. The van der Waals surface area contributed by atoms with Crippen molar-refractivity contribution in [2.24, 2.45) is 5.73 Å². The van der Waals surface area contributed by atoms with Crippen LogP contribution in [-0.2, 0) is 11.3 Å². The molecule has 0 aliphatic rings. The summed E-state index contributed by atoms with van der Waals surface area (Å²) in [5, 5.41) is 4.08. The lowest BCUT2D eigenvalue weighted by atomic mass is 10.3. The van der Waals surface area contributed by atoms with Gasteiger partial charge in [-0.3, -0.25) is 0 Å². The molecule has 2 heterocycles. The molecule has 0 amide bonds. The van der Waals surface area contributed by atoms with E-state index in [0.29, 0.717) is 17.0 Å². The highest BCUT2D eigenvalue weighted by molar-refractivity contribution is 5.95. The number of esters is 1. The number of aromatic nitrogens is 3. The first-order valence-electron chi connectivity index (χ1n) is 4.39. The predicted octanol–water partition coefficient (Wildman–Crippen LogP) is -0.0254. The fraction of sp³-hybridized carbons (Fsp3) is 0.222. The topological polar surface area (TPSA) is 82.5 Å². The summed E-state index contributed by atoms with van der Waals surface area (Å²) in [5.74, 6) is 0.0583. The van der Waals surface area contributed by atoms with Crippen LogP contribution < -0.4 is 5.73 Å². The number of nitrogens with zero attached hydrogens (tertiary/aromatic N) is 3. The SMILES string of the molecule is COC(=O)c1cccn2nc(CN)nc12. The van der Waals surface area contributed by atoms with Gasteiger partial charge in [-0.2, -0.15) is 0 Å². The number of nitrogens with two attached hydrogens (primary N) is 1. The minimum atomic E-state index is -0.434. The number of pyridine rings is 1. The molecule has 0 spiro atoms. The van der Waals surface area contributed by atoms with Crippen molar-refractivity contribution in [2.45, 2.75) is 6.54 Å². The van der Waals surface area contributed by atoms with Crippen molar-refractivity contribution in [3.8, 4) is 0 Å². The van der Waals surface area contributed by atoms with Crippen molar-refractivity contribution in [1.82, 2.24) is 14.6 Å². The van der Waals surface area contributed by atoms with Crippen LogP contribution in [0.2, 0.25) is 0 Å². The van der Waals surface area contributed by atoms with Crippen molar-refractivity contribution in [3.05, 3.63) is 29.7 Å². The quantitative estimate of drug-likeness (QED) is 0.698. The molecule has 0 aliphatic carbocycles. The maximum Gasteiger partial charge on any atom is 0.341 e. The highest BCUT2D eigenvalue weighted by atomic mass is 16.5. The summed E-state index contributed by atoms with van der Waals surface area (Å²) in [7, 11) is 1.33. The monoisotopic (exact) mass is 206 g/mol. The van der Waals surface area contributed by atoms with Crippen LogP contribution in [-0.4, -0.2) is 27.7 Å². The second-order valence-electron chi connectivity index (χ2n) is 2.91. The van der Waals surface area contributed by atoms with Gasteiger partial charge in [0, 0.05) is 6.20 Å². The van der Waals surface area contributed by atoms with E-state index in [9.17, 15) is 4.79 Å². The maximum atomic E-state index is 11.4. The van der Waals surface area contributed by atoms with Crippen LogP contribution in [0.5, 0.6) is 0 Å². The fourth-order valence-electron chi connectivity index (χ4n) is 1.31. The molecule has 0 saturated heterocycles. The van der Waals surface area contributed by atoms with E-state index in [-0.39, 0.29) is 6.54 Å². The van der Waals surface area contributed by atoms with E-state index in [2.05, 4.69) is 14.8 Å². The predicted molar refractivity (Wildman–Crippen MR) is 52.2 cm³/mol. The van der Waals surface area contributed by atoms with Crippen LogP contribution in [0.15, 0.2) is 18.3 Å². The molecule has 2 N–H and O–H groups in total. The first-order valence-corrected chi connectivity index (χ1v) is 4.39. The average Bonchev–Trinajstić information content (AvgIpc) is 2.70. The van der Waals surface area contributed by atoms with E-state index >= 15 is 0 Å². The van der Waals surface area contributed by atoms with Crippen molar-refractivity contribution in [1.29, 1.82) is 0 Å². The molecule has 0 saturated carbocycles. The first-order chi connectivity index (χ1) is 7.26. The molecule has 6 nitrogen and oxygen atoms in total. The van der Waals surface area contributed by atoms with Crippen molar-refractivity contribution >= 4 is 11.6 Å². The summed E-state index contributed by atoms with van der Waals surface area (Å²) < 4.78 is 6.14. The Morgan fingerprint density at radius 2 is 2.47 bits per heavy atom. The fourth-order valence-corrected chi connectivity index (χ4v) is 1.31. The van der Waals surface area contributed by atoms with Crippen LogP contribution in [0.1, 0.15) is 16.2 Å². The van der Waals surface area contributed by atoms with Gasteiger partial charge in [-0.05, 0) is 12.1 Å². The number of methoxy groups -OCH3 is 1. The van der Waals surface area contributed by atoms with E-state index in [1.165, 1.54) is 11.6 Å². The number of carbonyl (C=O) groups excluding carboxylic acids is 1. The Bertz CT molecular complexity index is 506. The molecule has 78 valence electrons. The summed E-state index contributed by atoms with van der Waals surface area (Å²) in [6.45, 7) is 0.238. The van der Waals surface area contributed by atoms with E-state index in [0.717, 1.165) is 0 Å². The average molecular weight is 206 g/mol. The molecule has 2 rings (SSSR count). The van der Waals surface area contributed by atoms with Crippen LogP contribution >= 0.6 is 0 Å². The van der Waals surface area contributed by atoms with E-state index in [1.807, 2.05) is 0 Å². The number of fused-ring (bicyclic) bond motifs is 1. The minimum absolute atomic E-state index is 0.238. The Kier molecular flexibility index (Phi) is 2.34. The molecule has 15 heavy (non-hydrogen) atoms. The second-order valence-corrected chi connectivity index (χ2v) is 2.91. The molecule has 0 unspecified atom stereocenters. The van der Waals surface area contributed by atoms with E-state index < -0.39 is 5.97 Å². The van der Waals surface area contributed by atoms with Crippen LogP contribution in [0.25, 0.3) is 5.65 Å². The third-order valence-corrected chi connectivity index (χ3v) is 1.99. The lowest BCUT2D eigenvalue weighted by Gasteiger charge is -1.99. The largest absolute Gasteiger partial charge is 0.465 e. The van der Waals surface area contributed by atoms with Crippen molar-refractivity contribution in [3.63, 3.8) is 0 Å². The van der Waals surface area contributed by atoms with Crippen molar-refractivity contribution < 1.29 is 9.53 Å². The third kappa shape index (κ3) is 1.55. The third-order valence-electron chi connectivity index (χ3n) is 1.99. The van der Waals surface area contributed by atoms with E-state index in [1.54, 1.807) is 18.3 Å². The zero-order chi connectivity index (χ0) is 10.8. The maximum absolute atomic E-state index is 11.4. The Morgan fingerprint density at radius 1 is 1.67 bits per heavy atom. The molecule has 0 aliphatic heterocycles. The molecule has 2 aromatic rings. The minimum Gasteiger partial charge on any atom is -0.465 e. The normalized spacial score (nSPS) is 10.5. The lowest BCUT2D eigenvalue weighted by molar-refractivity contribution is 0.0602. The zero-order valence-corrected chi connectivity index (χ0v) is 8.17. The first kappa shape index (κ1) is 9.60. The summed E-state index contributed by atoms with van der Waals surface area (Å²) in [5.41, 5.74) is 6.26. The Morgan fingerprint density at radius 3 is 3.13 bits per heavy atom. The molecule has 0 fully saturated rings. The van der Waals surface area contributed by atoms with Gasteiger partial charge in [0.05, 0.1) is 13.7 Å². The number of ether oxygens (including phenoxy) is 1. The van der Waals surface area contributed by atoms with Crippen molar-refractivity contribution in [2.75, 3.05) is 7.11 Å². The summed E-state index contributed by atoms with van der Waals surface area (Å²) in [6.07, 6.45) is 1.70. The molecule has 0 atom stereocenters. The molecular weight excluding hydrogens is 196 g/mol. The van der Waals surface area contributed by atoms with Gasteiger partial charge in [0.1, 0.15) is 5.56 Å². The molecular formula is C9H10N4O2. The molecule has 2 aromatic heterocycles. The molecule has 0 aromatic carbocycles. The van der Waals surface area contributed by atoms with Gasteiger partial charge < -0.3 is 10.5 Å². The molecule has 0 bridgehead atoms. The van der Waals surface area contributed by atoms with Gasteiger partial charge >= 0.3 is 5.97 Å². The summed E-state index contributed by atoms with van der Waals surface area (Å²) in [4.78, 5) is 15.5. The van der Waals surface area contributed by atoms with Gasteiger partial charge in [0.2, 0.25) is 0 Å². The highest BCUT2D eigenvalue weighted by Crippen LogP contribution is 2.09. The number of rotatable bonds is 2. The van der Waals surface area contributed by atoms with Gasteiger partial charge in [-0.15, -0.1) is 5.10 Å². The Labute approximate surface area is 85.7 Å². The van der Waals surface area contributed by atoms with Crippen LogP contribution in [0.4, 0.5) is 0 Å². The number of hydrogen-bond donors (Lipinski definition) is 1. The van der Waals surface area contributed by atoms with Gasteiger partial charge in [-0.25, -0.2) is 14.3 Å². The Balaban J connectivity index is 2.64. The smallest absolute Gasteiger partial charge is 0.341 e. The van der Waals surface area contributed by atoms with E-state index in [4.69, 9.17) is 5.73 Å². The summed E-state index contributed by atoms with van der Waals surface area (Å²) in [6, 6.07) is 3.34. The standard InChI is InChI=1S/C9H10N4O2/c1-15-9(14)6-3-2-4-13-8(6)11-7(5-10)12-13/h2-4H,5,10H2,1H3. The lowest BCUT2D eigenvalue weighted by Crippen LogP contribution is -2.04. The second kappa shape index (κ2) is 3.66. The van der Waals surface area contributed by atoms with Gasteiger partial charge in [-0.1, -0.05) is 0 Å². The van der Waals surface area contributed by atoms with Gasteiger partial charge in [0.25, 0.3) is 0 Å². The number of hydrogen-bond acceptors (Lipinski definition) is 5. The summed E-state index contributed by atoms with van der Waals surface area (Å²) >= 11 is 0. The molecule has 6 heteroatoms. The zero-order valence-electron chi connectivity index (χ0n) is 8.17. The van der Waals surface area contributed by atoms with Crippen LogP contribution in [0, 0.1) is 0 Å². The number of carbonyl (C=O) groups is 1. The molecule has 0 radical (unpaired) electrons. The van der Waals surface area contributed by atoms with Gasteiger partial charge in [0.15, 0.2) is 11.5 Å².